The minimum absolute atomic E-state index is 0.524. The summed E-state index contributed by atoms with van der Waals surface area (Å²) in [6.07, 6.45) is 3.72. The van der Waals surface area contributed by atoms with Gasteiger partial charge >= 0.3 is 5.97 Å². The molecule has 0 unspecified atom stereocenters. The molecule has 0 fully saturated rings. The van der Waals surface area contributed by atoms with Crippen molar-refractivity contribution in [2.24, 2.45) is 0 Å². The van der Waals surface area contributed by atoms with Crippen LogP contribution < -0.4 is 0 Å². The molecule has 0 aromatic carbocycles. The third-order valence-corrected chi connectivity index (χ3v) is 3.07. The maximum absolute atomic E-state index is 10.7. The number of hydrogen-bond donors (Lipinski definition) is 1. The molecular weight excluding hydrogens is 196 g/mol. The topological polar surface area (TPSA) is 46.5 Å². The van der Waals surface area contributed by atoms with E-state index in [1.807, 2.05) is 12.6 Å². The maximum Gasteiger partial charge on any atom is 0.330 e. The molecule has 0 rings (SSSR count). The average molecular weight is 216 g/mol. The molecule has 0 aliphatic rings. The van der Waals surface area contributed by atoms with E-state index in [0.717, 1.165) is 25.9 Å². The van der Waals surface area contributed by atoms with Crippen molar-refractivity contribution < 1.29 is 14.3 Å². The van der Waals surface area contributed by atoms with Gasteiger partial charge in [0.15, 0.2) is 9.76 Å². The zero-order valence-electron chi connectivity index (χ0n) is 9.08. The molecule has 4 heteroatoms. The Morgan fingerprint density at radius 1 is 1.43 bits per heavy atom. The first-order valence-corrected chi connectivity index (χ1v) is 6.61. The number of aliphatic carboxylic acids is 1. The molecule has 0 radical (unpaired) electrons. The molecule has 0 saturated heterocycles. The van der Waals surface area contributed by atoms with E-state index in [9.17, 15) is 4.79 Å². The summed E-state index contributed by atoms with van der Waals surface area (Å²) in [5.41, 5.74) is 2.33. The van der Waals surface area contributed by atoms with Gasteiger partial charge in [-0.15, -0.1) is 0 Å². The van der Waals surface area contributed by atoms with Crippen LogP contribution in [0.15, 0.2) is 11.3 Å². The predicted octanol–water partition coefficient (Wildman–Crippen LogP) is 1.66. The molecule has 3 nitrogen and oxygen atoms in total. The molecule has 0 amide bonds. The molecule has 14 heavy (non-hydrogen) atoms. The van der Waals surface area contributed by atoms with E-state index in [0.29, 0.717) is 12.0 Å². The van der Waals surface area contributed by atoms with Crippen molar-refractivity contribution >= 4 is 15.7 Å². The van der Waals surface area contributed by atoms with Crippen LogP contribution >= 0.6 is 0 Å². The van der Waals surface area contributed by atoms with Gasteiger partial charge in [0, 0.05) is 12.2 Å². The molecule has 0 spiro atoms. The van der Waals surface area contributed by atoms with Crippen LogP contribution in [-0.4, -0.2) is 27.4 Å². The van der Waals surface area contributed by atoms with E-state index in [1.165, 1.54) is 0 Å². The highest BCUT2D eigenvalue weighted by Crippen LogP contribution is 2.03. The normalized spacial score (nSPS) is 12.6. The van der Waals surface area contributed by atoms with Gasteiger partial charge in [-0.1, -0.05) is 32.4 Å². The lowest BCUT2D eigenvalue weighted by atomic mass is 10.2. The lowest BCUT2D eigenvalue weighted by Crippen LogP contribution is -2.05. The Morgan fingerprint density at radius 2 is 2.14 bits per heavy atom. The van der Waals surface area contributed by atoms with Crippen molar-refractivity contribution in [1.82, 2.24) is 0 Å². The number of rotatable bonds is 8. The van der Waals surface area contributed by atoms with Gasteiger partial charge in [-0.3, -0.25) is 0 Å². The van der Waals surface area contributed by atoms with Gasteiger partial charge in [-0.2, -0.15) is 0 Å². The van der Waals surface area contributed by atoms with Gasteiger partial charge in [0.25, 0.3) is 0 Å². The van der Waals surface area contributed by atoms with E-state index in [4.69, 9.17) is 9.53 Å². The van der Waals surface area contributed by atoms with E-state index >= 15 is 0 Å². The fraction of sp³-hybridized carbons (Fsp3) is 0.700. The second-order valence-corrected chi connectivity index (χ2v) is 4.36. The minimum atomic E-state index is -0.793. The average Bonchev–Trinajstić information content (AvgIpc) is 2.15. The molecule has 0 aliphatic carbocycles. The first kappa shape index (κ1) is 13.4. The first-order chi connectivity index (χ1) is 6.72. The first-order valence-electron chi connectivity index (χ1n) is 5.22. The Morgan fingerprint density at radius 3 is 2.64 bits per heavy atom. The molecule has 0 atom stereocenters. The Hall–Kier alpha value is -0.613. The second kappa shape index (κ2) is 8.96. The van der Waals surface area contributed by atoms with Crippen molar-refractivity contribution in [1.29, 1.82) is 0 Å². The van der Waals surface area contributed by atoms with E-state index < -0.39 is 15.7 Å². The zero-order valence-corrected chi connectivity index (χ0v) is 10.5. The Labute approximate surface area is 88.1 Å². The van der Waals surface area contributed by atoms with Gasteiger partial charge < -0.3 is 9.53 Å². The molecule has 82 valence electrons. The summed E-state index contributed by atoms with van der Waals surface area (Å²) in [7, 11) is -0.762. The smallest absolute Gasteiger partial charge is 0.330 e. The van der Waals surface area contributed by atoms with Crippen LogP contribution in [0.2, 0.25) is 0 Å². The summed E-state index contributed by atoms with van der Waals surface area (Å²) >= 11 is 0. The van der Waals surface area contributed by atoms with Crippen molar-refractivity contribution in [2.45, 2.75) is 39.5 Å². The van der Waals surface area contributed by atoms with Gasteiger partial charge in [-0.25, -0.2) is 4.79 Å². The van der Waals surface area contributed by atoms with Crippen LogP contribution in [0.25, 0.3) is 0 Å². The van der Waals surface area contributed by atoms with E-state index in [1.54, 1.807) is 0 Å². The molecule has 0 aromatic heterocycles. The summed E-state index contributed by atoms with van der Waals surface area (Å²) in [4.78, 5) is 10.7. The third-order valence-electron chi connectivity index (χ3n) is 1.88. The molecular formula is C10H20O3Si. The van der Waals surface area contributed by atoms with Crippen LogP contribution in [-0.2, 0) is 9.22 Å². The van der Waals surface area contributed by atoms with Gasteiger partial charge in [0.2, 0.25) is 0 Å². The highest BCUT2D eigenvalue weighted by atomic mass is 28.2. The standard InChI is InChI=1S/C10H20O3Si/c1-3-5-7-13-14-8-9(6-4-2)10(11)12/h8H,3-7,14H2,1-2H3,(H,11,12). The van der Waals surface area contributed by atoms with E-state index in [2.05, 4.69) is 6.92 Å². The number of unbranched alkanes of at least 4 members (excludes halogenated alkanes) is 1. The number of hydrogen-bond acceptors (Lipinski definition) is 2. The highest BCUT2D eigenvalue weighted by molar-refractivity contribution is 6.35. The summed E-state index contributed by atoms with van der Waals surface area (Å²) in [6, 6.07) is 0. The van der Waals surface area contributed by atoms with Gasteiger partial charge in [-0.05, 0) is 12.8 Å². The molecule has 0 aliphatic heterocycles. The van der Waals surface area contributed by atoms with Crippen molar-refractivity contribution in [3.8, 4) is 0 Å². The lowest BCUT2D eigenvalue weighted by Gasteiger charge is -2.01. The van der Waals surface area contributed by atoms with Crippen molar-refractivity contribution in [3.63, 3.8) is 0 Å². The summed E-state index contributed by atoms with van der Waals surface area (Å²) in [5, 5.41) is 8.81. The monoisotopic (exact) mass is 216 g/mol. The molecule has 0 heterocycles. The minimum Gasteiger partial charge on any atom is -0.478 e. The number of carboxylic acids is 1. The fourth-order valence-electron chi connectivity index (χ4n) is 1.05. The van der Waals surface area contributed by atoms with Gasteiger partial charge in [0.05, 0.1) is 0 Å². The van der Waals surface area contributed by atoms with Crippen molar-refractivity contribution in [3.05, 3.63) is 11.3 Å². The number of carboxylic acid groups (broad SMARTS) is 1. The summed E-state index contributed by atoms with van der Waals surface area (Å²) < 4.78 is 5.40. The van der Waals surface area contributed by atoms with Crippen LogP contribution in [0.1, 0.15) is 39.5 Å². The van der Waals surface area contributed by atoms with Crippen LogP contribution in [0, 0.1) is 0 Å². The summed E-state index contributed by atoms with van der Waals surface area (Å²) in [5.74, 6) is -0.793. The highest BCUT2D eigenvalue weighted by Gasteiger charge is 2.04. The molecule has 0 bridgehead atoms. The SMILES string of the molecule is CCCCO[SiH2]C=C(CCC)C(=O)O. The largest absolute Gasteiger partial charge is 0.478 e. The quantitative estimate of drug-likeness (QED) is 0.381. The van der Waals surface area contributed by atoms with Crippen LogP contribution in [0.4, 0.5) is 0 Å². The predicted molar refractivity (Wildman–Crippen MR) is 60.0 cm³/mol. The molecule has 1 N–H and O–H groups in total. The van der Waals surface area contributed by atoms with Gasteiger partial charge in [0.1, 0.15) is 0 Å². The van der Waals surface area contributed by atoms with Crippen LogP contribution in [0.5, 0.6) is 0 Å². The Kier molecular flexibility index (Phi) is 8.57. The Balaban J connectivity index is 3.73. The molecule has 0 aromatic rings. The summed E-state index contributed by atoms with van der Waals surface area (Å²) in [6.45, 7) is 4.87. The van der Waals surface area contributed by atoms with Crippen molar-refractivity contribution in [2.75, 3.05) is 6.61 Å². The maximum atomic E-state index is 10.7. The van der Waals surface area contributed by atoms with E-state index in [-0.39, 0.29) is 0 Å². The fourth-order valence-corrected chi connectivity index (χ4v) is 2.12. The second-order valence-electron chi connectivity index (χ2n) is 3.21. The number of carbonyl (C=O) groups is 1. The molecule has 0 saturated carbocycles. The Bertz CT molecular complexity index is 190. The van der Waals surface area contributed by atoms with Crippen LogP contribution in [0.3, 0.4) is 0 Å². The zero-order chi connectivity index (χ0) is 10.8. The third kappa shape index (κ3) is 6.86. The lowest BCUT2D eigenvalue weighted by molar-refractivity contribution is -0.132.